The third-order valence-corrected chi connectivity index (χ3v) is 15.3. The maximum Gasteiger partial charge on any atom is 0.446 e. The first kappa shape index (κ1) is 74.7. The highest BCUT2D eigenvalue weighted by Crippen LogP contribution is 2.21. The summed E-state index contributed by atoms with van der Waals surface area (Å²) in [6.45, 7) is 0.0549. The highest BCUT2D eigenvalue weighted by Gasteiger charge is 2.37. The topological polar surface area (TPSA) is 551 Å². The Labute approximate surface area is 552 Å². The third kappa shape index (κ3) is 24.2. The van der Waals surface area contributed by atoms with E-state index in [1.807, 2.05) is 0 Å². The lowest BCUT2D eigenvalue weighted by Crippen LogP contribution is -2.61. The molecule has 1 fully saturated rings. The zero-order valence-corrected chi connectivity index (χ0v) is 52.6. The number of carboxylic acid groups (broad SMARTS) is 2. The third-order valence-electron chi connectivity index (χ3n) is 14.9. The summed E-state index contributed by atoms with van der Waals surface area (Å²) < 4.78 is 36.4. The van der Waals surface area contributed by atoms with Crippen molar-refractivity contribution in [2.75, 3.05) is 6.54 Å². The lowest BCUT2D eigenvalue weighted by molar-refractivity contribution is -0.142. The van der Waals surface area contributed by atoms with E-state index in [0.717, 1.165) is 19.1 Å². The molecule has 0 bridgehead atoms. The Hall–Kier alpha value is -11.3. The number of benzene rings is 4. The van der Waals surface area contributed by atoms with Gasteiger partial charge in [0, 0.05) is 55.6 Å². The highest BCUT2D eigenvalue weighted by molar-refractivity contribution is 7.81. The summed E-state index contributed by atoms with van der Waals surface area (Å²) in [6.07, 6.45) is -4.67. The predicted molar refractivity (Wildman–Crippen MR) is 338 cm³/mol. The van der Waals surface area contributed by atoms with Gasteiger partial charge in [0.2, 0.25) is 70.9 Å². The van der Waals surface area contributed by atoms with Gasteiger partial charge in [-0.05, 0) is 60.2 Å². The lowest BCUT2D eigenvalue weighted by atomic mass is 10.0. The molecular formula is C62H73N13O21S. The average Bonchev–Trinajstić information content (AvgIpc) is 1.79. The van der Waals surface area contributed by atoms with Crippen molar-refractivity contribution in [3.8, 4) is 5.75 Å². The fourth-order valence-corrected chi connectivity index (χ4v) is 10.4. The molecule has 0 saturated carbocycles. The molecule has 0 aliphatic carbocycles. The summed E-state index contributed by atoms with van der Waals surface area (Å²) in [4.78, 5) is 190. The number of hydrogen-bond donors (Lipinski definition) is 17. The number of aliphatic carboxylic acids is 2. The van der Waals surface area contributed by atoms with Crippen molar-refractivity contribution in [3.63, 3.8) is 0 Å². The second-order valence-corrected chi connectivity index (χ2v) is 23.5. The first-order chi connectivity index (χ1) is 45.9. The second kappa shape index (κ2) is 35.3. The number of aromatic nitrogens is 1. The molecule has 518 valence electrons. The SMILES string of the molecule is CC(O)C(NC(=O)C(Cc1ccc(OS(=O)(=O)O)cc1)NC(=O)C(CC(=O)O)NC(=O)C(CCC(N)=O)NC(=O)C1CCC(=O)N1)C(=O)NCC(=O)NC(Cc1c[nH]c2ccccc12)C(=O)NC(Cc1ccccc1)C(=O)NC(CC(=O)O)C(=O)NC(Cc1ccccc1)C(N)=O. The minimum Gasteiger partial charge on any atom is -0.481 e. The number of aromatic amines is 1. The van der Waals surface area contributed by atoms with E-state index in [1.54, 1.807) is 91.1 Å². The zero-order valence-electron chi connectivity index (χ0n) is 51.8. The van der Waals surface area contributed by atoms with E-state index in [2.05, 4.69) is 62.3 Å². The van der Waals surface area contributed by atoms with E-state index in [0.29, 0.717) is 27.6 Å². The van der Waals surface area contributed by atoms with Crippen molar-refractivity contribution in [1.29, 1.82) is 0 Å². The van der Waals surface area contributed by atoms with Crippen LogP contribution in [0.2, 0.25) is 0 Å². The minimum atomic E-state index is -5.02. The summed E-state index contributed by atoms with van der Waals surface area (Å²) in [7, 11) is -5.02. The van der Waals surface area contributed by atoms with Crippen LogP contribution >= 0.6 is 0 Å². The van der Waals surface area contributed by atoms with Gasteiger partial charge in [-0.2, -0.15) is 8.42 Å². The van der Waals surface area contributed by atoms with Crippen LogP contribution in [0.3, 0.4) is 0 Å². The number of carbonyl (C=O) groups excluding carboxylic acids is 12. The molecule has 1 aliphatic heterocycles. The number of H-pyrrole nitrogens is 1. The zero-order chi connectivity index (χ0) is 71.1. The van der Waals surface area contributed by atoms with Crippen LogP contribution in [0.5, 0.6) is 5.75 Å². The normalized spacial score (nSPS) is 15.5. The monoisotopic (exact) mass is 1370 g/mol. The average molecular weight is 1370 g/mol. The van der Waals surface area contributed by atoms with Crippen LogP contribution in [0, 0.1) is 0 Å². The Balaban J connectivity index is 1.22. The predicted octanol–water partition coefficient (Wildman–Crippen LogP) is -4.03. The number of primary amides is 2. The Morgan fingerprint density at radius 1 is 0.567 bits per heavy atom. The molecule has 4 aromatic carbocycles. The number of carboxylic acids is 2. The van der Waals surface area contributed by atoms with E-state index >= 15 is 0 Å². The van der Waals surface area contributed by atoms with E-state index in [4.69, 9.17) is 11.5 Å². The minimum absolute atomic E-state index is 0.0250. The van der Waals surface area contributed by atoms with Crippen molar-refractivity contribution in [1.82, 2.24) is 58.2 Å². The van der Waals surface area contributed by atoms with Gasteiger partial charge in [0.1, 0.15) is 60.1 Å². The maximum atomic E-state index is 14.7. The number of carbonyl (C=O) groups is 14. The molecule has 12 amide bonds. The fourth-order valence-electron chi connectivity index (χ4n) is 10.1. The van der Waals surface area contributed by atoms with E-state index in [-0.39, 0.29) is 37.7 Å². The summed E-state index contributed by atoms with van der Waals surface area (Å²) >= 11 is 0. The van der Waals surface area contributed by atoms with Gasteiger partial charge in [0.15, 0.2) is 0 Å². The molecule has 1 aromatic heterocycles. The van der Waals surface area contributed by atoms with Crippen molar-refractivity contribution < 1.29 is 99.6 Å². The molecule has 97 heavy (non-hydrogen) atoms. The lowest BCUT2D eigenvalue weighted by Gasteiger charge is -2.27. The number of rotatable bonds is 37. The molecule has 10 atom stereocenters. The molecule has 19 N–H and O–H groups in total. The van der Waals surface area contributed by atoms with Crippen LogP contribution < -0.4 is 68.8 Å². The highest BCUT2D eigenvalue weighted by atomic mass is 32.3. The number of fused-ring (bicyclic) bond motifs is 1. The van der Waals surface area contributed by atoms with E-state index in [9.17, 15) is 95.4 Å². The molecule has 10 unspecified atom stereocenters. The molecule has 1 saturated heterocycles. The Morgan fingerprint density at radius 3 is 1.53 bits per heavy atom. The largest absolute Gasteiger partial charge is 0.481 e. The quantitative estimate of drug-likeness (QED) is 0.0168. The molecule has 5 aromatic rings. The summed E-state index contributed by atoms with van der Waals surface area (Å²) in [5.41, 5.74) is 13.1. The van der Waals surface area contributed by atoms with Gasteiger partial charge < -0.3 is 89.1 Å². The molecule has 0 radical (unpaired) electrons. The van der Waals surface area contributed by atoms with E-state index < -0.39 is 198 Å². The van der Waals surface area contributed by atoms with Crippen LogP contribution in [-0.4, -0.2) is 183 Å². The maximum absolute atomic E-state index is 14.7. The molecule has 0 spiro atoms. The van der Waals surface area contributed by atoms with Gasteiger partial charge in [-0.25, -0.2) is 0 Å². The van der Waals surface area contributed by atoms with Crippen LogP contribution in [0.15, 0.2) is 115 Å². The number of amides is 12. The fraction of sp³-hybridized carbons (Fsp3) is 0.355. The first-order valence-electron chi connectivity index (χ1n) is 30.0. The van der Waals surface area contributed by atoms with Gasteiger partial charge in [-0.3, -0.25) is 71.7 Å². The van der Waals surface area contributed by atoms with Gasteiger partial charge in [-0.15, -0.1) is 0 Å². The van der Waals surface area contributed by atoms with Crippen molar-refractivity contribution in [3.05, 3.63) is 138 Å². The van der Waals surface area contributed by atoms with Crippen molar-refractivity contribution in [2.45, 2.75) is 132 Å². The number of para-hydroxylation sites is 1. The van der Waals surface area contributed by atoms with Crippen LogP contribution in [-0.2, 0) is 103 Å². The van der Waals surface area contributed by atoms with Crippen molar-refractivity contribution in [2.24, 2.45) is 11.5 Å². The second-order valence-electron chi connectivity index (χ2n) is 22.5. The Bertz CT molecular complexity index is 3840. The van der Waals surface area contributed by atoms with Crippen molar-refractivity contribution >= 4 is 104 Å². The summed E-state index contributed by atoms with van der Waals surface area (Å²) in [5, 5.41) is 54.8. The number of nitrogens with two attached hydrogens (primary N) is 2. The molecule has 6 rings (SSSR count). The number of nitrogens with one attached hydrogen (secondary N) is 11. The van der Waals surface area contributed by atoms with Gasteiger partial charge >= 0.3 is 22.3 Å². The van der Waals surface area contributed by atoms with Gasteiger partial charge in [0.25, 0.3) is 0 Å². The van der Waals surface area contributed by atoms with Crippen LogP contribution in [0.1, 0.15) is 67.7 Å². The standard InChI is InChI=1S/C62H73N13O21S/c1-32(76)53(75-61(91)44(26-35-16-18-37(19-17-35)96-97(93,94)95)72-60(90)47(29-52(82)83)73-56(86)41(20-22-48(63)77)69-55(85)40-21-23-49(78)67-40)62(92)66-31-50(79)68-45(27-36-30-65-39-15-9-8-14-38(36)39)58(88)71-43(25-34-12-6-3-7-13-34)57(87)74-46(28-51(80)81)59(89)70-42(54(64)84)24-33-10-4-2-5-11-33/h2-19,30,32,40-47,53,65,76H,20-29,31H2,1H3,(H2,63,77)(H2,64,84)(H,66,92)(H,67,78)(H,68,79)(H,69,85)(H,70,89)(H,71,88)(H,72,90)(H,73,86)(H,74,87)(H,75,91)(H,80,81)(H,82,83)(H,93,94,95). The Morgan fingerprint density at radius 2 is 1.03 bits per heavy atom. The van der Waals surface area contributed by atoms with Crippen LogP contribution in [0.25, 0.3) is 10.9 Å². The number of aliphatic hydroxyl groups is 1. The number of aliphatic hydroxyl groups excluding tert-OH is 1. The van der Waals surface area contributed by atoms with Crippen LogP contribution in [0.4, 0.5) is 0 Å². The van der Waals surface area contributed by atoms with Gasteiger partial charge in [0.05, 0.1) is 25.5 Å². The summed E-state index contributed by atoms with van der Waals surface area (Å²) in [6, 6.07) is 12.6. The molecule has 2 heterocycles. The molecule has 34 nitrogen and oxygen atoms in total. The Kier molecular flexibility index (Phi) is 27.2. The number of hydrogen-bond acceptors (Lipinski definition) is 18. The summed E-state index contributed by atoms with van der Waals surface area (Å²) in [5.74, 6) is -16.3. The molecular weight excluding hydrogens is 1290 g/mol. The first-order valence-corrected chi connectivity index (χ1v) is 31.3. The molecule has 1 aliphatic rings. The molecule has 35 heteroatoms. The van der Waals surface area contributed by atoms with Gasteiger partial charge in [-0.1, -0.05) is 91.0 Å². The van der Waals surface area contributed by atoms with E-state index in [1.165, 1.54) is 12.1 Å². The smallest absolute Gasteiger partial charge is 0.446 e.